The minimum absolute atomic E-state index is 1.70. The number of alkyl halides is 5. The Hall–Kier alpha value is -0.920. The molecule has 0 aromatic rings. The minimum atomic E-state index is -5.89. The predicted octanol–water partition coefficient (Wildman–Crippen LogP) is 1.24. The van der Waals surface area contributed by atoms with Crippen LogP contribution in [0.25, 0.3) is 0 Å². The molecular weight excluding hydrogens is 191 g/mol. The molecule has 0 aliphatic rings. The predicted molar refractivity (Wildman–Crippen MR) is 24.6 cm³/mol. The highest BCUT2D eigenvalue weighted by molar-refractivity contribution is 5.68. The number of carboxylic acid groups (broad SMARTS) is 1. The summed E-state index contributed by atoms with van der Waals surface area (Å²) in [5, 5.41) is 7.72. The minimum Gasteiger partial charge on any atom is -0.480 e. The zero-order chi connectivity index (χ0) is 9.99. The molecule has 72 valence electrons. The summed E-state index contributed by atoms with van der Waals surface area (Å²) in [6, 6.07) is 0. The molecule has 1 N–H and O–H groups in total. The van der Waals surface area contributed by atoms with Gasteiger partial charge in [0, 0.05) is 0 Å². The lowest BCUT2D eigenvalue weighted by atomic mass is 10.6. The van der Waals surface area contributed by atoms with Gasteiger partial charge >= 0.3 is 18.3 Å². The quantitative estimate of drug-likeness (QED) is 0.687. The number of rotatable bonds is 3. The van der Waals surface area contributed by atoms with Gasteiger partial charge in [-0.3, -0.25) is 0 Å². The molecule has 0 bridgehead atoms. The third-order valence-corrected chi connectivity index (χ3v) is 0.707. The molecule has 0 amide bonds. The lowest BCUT2D eigenvalue weighted by Gasteiger charge is -2.17. The van der Waals surface area contributed by atoms with Crippen LogP contribution in [0.4, 0.5) is 22.0 Å². The second-order valence-electron chi connectivity index (χ2n) is 1.70. The van der Waals surface area contributed by atoms with Crippen LogP contribution in [-0.2, 0) is 9.53 Å². The smallest absolute Gasteiger partial charge is 0.480 e. The Kier molecular flexibility index (Phi) is 2.97. The Labute approximate surface area is 62.7 Å². The van der Waals surface area contributed by atoms with Crippen molar-refractivity contribution >= 4 is 5.97 Å². The van der Waals surface area contributed by atoms with Gasteiger partial charge in [-0.25, -0.2) is 4.79 Å². The molecule has 0 unspecified atom stereocenters. The van der Waals surface area contributed by atoms with Crippen molar-refractivity contribution in [2.75, 3.05) is 6.61 Å². The van der Waals surface area contributed by atoms with E-state index in [1.807, 2.05) is 0 Å². The molecule has 3 nitrogen and oxygen atoms in total. The molecular formula is C4H3F5O3. The Bertz CT molecular complexity index is 174. The van der Waals surface area contributed by atoms with E-state index in [0.29, 0.717) is 0 Å². The lowest BCUT2D eigenvalue weighted by molar-refractivity contribution is -0.389. The van der Waals surface area contributed by atoms with Crippen molar-refractivity contribution in [3.05, 3.63) is 0 Å². The third-order valence-electron chi connectivity index (χ3n) is 0.707. The standard InChI is InChI=1S/C4H3F5O3/c5-3(6,7)4(8,9)12-1-2(10)11/h1H2,(H,10,11). The van der Waals surface area contributed by atoms with E-state index in [1.165, 1.54) is 0 Å². The van der Waals surface area contributed by atoms with Gasteiger partial charge in [-0.05, 0) is 0 Å². The summed E-state index contributed by atoms with van der Waals surface area (Å²) in [5.74, 6) is -1.90. The summed E-state index contributed by atoms with van der Waals surface area (Å²) >= 11 is 0. The number of ether oxygens (including phenoxy) is 1. The van der Waals surface area contributed by atoms with Crippen molar-refractivity contribution in [1.29, 1.82) is 0 Å². The summed E-state index contributed by atoms with van der Waals surface area (Å²) in [7, 11) is 0. The summed E-state index contributed by atoms with van der Waals surface area (Å²) < 4.78 is 59.8. The Morgan fingerprint density at radius 3 is 1.92 bits per heavy atom. The van der Waals surface area contributed by atoms with E-state index in [0.717, 1.165) is 0 Å². The highest BCUT2D eigenvalue weighted by Crippen LogP contribution is 2.35. The highest BCUT2D eigenvalue weighted by Gasteiger charge is 2.59. The normalized spacial score (nSPS) is 13.1. The number of carbonyl (C=O) groups is 1. The molecule has 0 aromatic heterocycles. The fourth-order valence-corrected chi connectivity index (χ4v) is 0.234. The van der Waals surface area contributed by atoms with Crippen LogP contribution >= 0.6 is 0 Å². The van der Waals surface area contributed by atoms with Crippen molar-refractivity contribution in [3.63, 3.8) is 0 Å². The van der Waals surface area contributed by atoms with Crippen LogP contribution in [0.15, 0.2) is 0 Å². The number of carboxylic acids is 1. The van der Waals surface area contributed by atoms with Crippen LogP contribution in [0.2, 0.25) is 0 Å². The molecule has 0 aromatic carbocycles. The average molecular weight is 194 g/mol. The topological polar surface area (TPSA) is 46.5 Å². The SMILES string of the molecule is O=C(O)COC(F)(F)C(F)(F)F. The van der Waals surface area contributed by atoms with Crippen LogP contribution < -0.4 is 0 Å². The van der Waals surface area contributed by atoms with E-state index in [4.69, 9.17) is 5.11 Å². The molecule has 12 heavy (non-hydrogen) atoms. The maximum Gasteiger partial charge on any atom is 0.482 e. The maximum atomic E-state index is 11.7. The Morgan fingerprint density at radius 2 is 1.67 bits per heavy atom. The van der Waals surface area contributed by atoms with Crippen LogP contribution in [0.5, 0.6) is 0 Å². The highest BCUT2D eigenvalue weighted by atomic mass is 19.4. The van der Waals surface area contributed by atoms with Crippen molar-refractivity contribution in [1.82, 2.24) is 0 Å². The van der Waals surface area contributed by atoms with Crippen molar-refractivity contribution < 1.29 is 36.6 Å². The van der Waals surface area contributed by atoms with Gasteiger partial charge in [0.25, 0.3) is 0 Å². The maximum absolute atomic E-state index is 11.7. The lowest BCUT2D eigenvalue weighted by Crippen LogP contribution is -2.40. The van der Waals surface area contributed by atoms with Gasteiger partial charge in [0.1, 0.15) is 0 Å². The fourth-order valence-electron chi connectivity index (χ4n) is 0.234. The molecule has 0 atom stereocenters. The number of hydrogen-bond donors (Lipinski definition) is 1. The molecule has 0 aliphatic heterocycles. The molecule has 0 aliphatic carbocycles. The van der Waals surface area contributed by atoms with Crippen LogP contribution in [0.1, 0.15) is 0 Å². The van der Waals surface area contributed by atoms with Crippen molar-refractivity contribution in [2.45, 2.75) is 12.3 Å². The van der Waals surface area contributed by atoms with E-state index < -0.39 is 24.9 Å². The zero-order valence-corrected chi connectivity index (χ0v) is 5.36. The van der Waals surface area contributed by atoms with Gasteiger partial charge in [0.2, 0.25) is 0 Å². The number of halogens is 5. The first kappa shape index (κ1) is 11.1. The molecule has 0 heterocycles. The summed E-state index contributed by atoms with van der Waals surface area (Å²) in [6.07, 6.45) is -11.3. The van der Waals surface area contributed by atoms with Gasteiger partial charge in [-0.1, -0.05) is 0 Å². The molecule has 0 spiro atoms. The largest absolute Gasteiger partial charge is 0.482 e. The van der Waals surface area contributed by atoms with Crippen molar-refractivity contribution in [3.8, 4) is 0 Å². The zero-order valence-electron chi connectivity index (χ0n) is 5.36. The molecule has 8 heteroatoms. The second kappa shape index (κ2) is 3.21. The van der Waals surface area contributed by atoms with E-state index in [1.54, 1.807) is 0 Å². The average Bonchev–Trinajstić information content (AvgIpc) is 1.81. The van der Waals surface area contributed by atoms with E-state index in [-0.39, 0.29) is 0 Å². The van der Waals surface area contributed by atoms with Crippen LogP contribution in [0, 0.1) is 0 Å². The van der Waals surface area contributed by atoms with Gasteiger partial charge in [0.05, 0.1) is 0 Å². The summed E-state index contributed by atoms with van der Waals surface area (Å²) in [4.78, 5) is 9.55. The molecule has 0 saturated carbocycles. The number of aliphatic carboxylic acids is 1. The Morgan fingerprint density at radius 1 is 1.25 bits per heavy atom. The summed E-state index contributed by atoms with van der Waals surface area (Å²) in [5.41, 5.74) is 0. The van der Waals surface area contributed by atoms with Gasteiger partial charge in [-0.2, -0.15) is 22.0 Å². The molecule has 0 saturated heterocycles. The van der Waals surface area contributed by atoms with E-state index in [2.05, 4.69) is 4.74 Å². The first-order valence-corrected chi connectivity index (χ1v) is 2.47. The first-order chi connectivity index (χ1) is 5.17. The Balaban J connectivity index is 4.14. The van der Waals surface area contributed by atoms with Gasteiger partial charge in [0.15, 0.2) is 6.61 Å². The summed E-state index contributed by atoms with van der Waals surface area (Å²) in [6.45, 7) is -1.70. The monoisotopic (exact) mass is 194 g/mol. The molecule has 0 radical (unpaired) electrons. The van der Waals surface area contributed by atoms with Gasteiger partial charge in [-0.15, -0.1) is 0 Å². The first-order valence-electron chi connectivity index (χ1n) is 2.47. The fraction of sp³-hybridized carbons (Fsp3) is 0.750. The molecule has 0 fully saturated rings. The van der Waals surface area contributed by atoms with Gasteiger partial charge < -0.3 is 9.84 Å². The van der Waals surface area contributed by atoms with Crippen LogP contribution in [0.3, 0.4) is 0 Å². The van der Waals surface area contributed by atoms with Crippen molar-refractivity contribution in [2.24, 2.45) is 0 Å². The third kappa shape index (κ3) is 2.99. The van der Waals surface area contributed by atoms with E-state index in [9.17, 15) is 26.7 Å². The number of hydrogen-bond acceptors (Lipinski definition) is 2. The second-order valence-corrected chi connectivity index (χ2v) is 1.70. The van der Waals surface area contributed by atoms with E-state index >= 15 is 0 Å². The molecule has 0 rings (SSSR count). The van der Waals surface area contributed by atoms with Crippen LogP contribution in [-0.4, -0.2) is 30.0 Å².